The molecule has 3 aromatic rings. The topological polar surface area (TPSA) is 0 Å². The fraction of sp³-hybridized carbons (Fsp3) is 0.120. The van der Waals surface area contributed by atoms with Crippen LogP contribution in [0.1, 0.15) is 24.1 Å². The van der Waals surface area contributed by atoms with Gasteiger partial charge in [-0.15, -0.1) is 0 Å². The van der Waals surface area contributed by atoms with Crippen molar-refractivity contribution in [2.75, 3.05) is 0 Å². The summed E-state index contributed by atoms with van der Waals surface area (Å²) in [5.41, 5.74) is 3.47. The zero-order valence-corrected chi connectivity index (χ0v) is 15.7. The van der Waals surface area contributed by atoms with E-state index in [0.717, 1.165) is 12.8 Å². The van der Waals surface area contributed by atoms with Crippen LogP contribution in [-0.2, 0) is 0 Å². The van der Waals surface area contributed by atoms with Crippen LogP contribution in [0.5, 0.6) is 0 Å². The summed E-state index contributed by atoms with van der Waals surface area (Å²) in [6.45, 7) is 0. The zero-order chi connectivity index (χ0) is 17.6. The van der Waals surface area contributed by atoms with E-state index in [2.05, 4.69) is 109 Å². The maximum absolute atomic E-state index is 2.30. The fourth-order valence-electron chi connectivity index (χ4n) is 3.61. The Morgan fingerprint density at radius 3 is 1.73 bits per heavy atom. The van der Waals surface area contributed by atoms with E-state index in [4.69, 9.17) is 0 Å². The molecule has 0 radical (unpaired) electrons. The summed E-state index contributed by atoms with van der Waals surface area (Å²) >= 11 is 0. The van der Waals surface area contributed by atoms with Crippen LogP contribution in [0, 0.1) is 0 Å². The molecule has 0 aromatic heterocycles. The number of rotatable bonds is 6. The highest BCUT2D eigenvalue weighted by Crippen LogP contribution is 2.53. The zero-order valence-electron chi connectivity index (χ0n) is 14.8. The van der Waals surface area contributed by atoms with Crippen LogP contribution >= 0.6 is 7.92 Å². The first-order valence-corrected chi connectivity index (χ1v) is 10.6. The smallest absolute Gasteiger partial charge is 0.0159 e. The lowest BCUT2D eigenvalue weighted by Gasteiger charge is -2.30. The van der Waals surface area contributed by atoms with Crippen molar-refractivity contribution in [1.82, 2.24) is 0 Å². The van der Waals surface area contributed by atoms with Crippen molar-refractivity contribution in [1.29, 1.82) is 0 Å². The van der Waals surface area contributed by atoms with E-state index < -0.39 is 7.92 Å². The van der Waals surface area contributed by atoms with Gasteiger partial charge in [0.1, 0.15) is 0 Å². The predicted octanol–water partition coefficient (Wildman–Crippen LogP) is 6.14. The van der Waals surface area contributed by atoms with Crippen molar-refractivity contribution in [3.63, 3.8) is 0 Å². The summed E-state index contributed by atoms with van der Waals surface area (Å²) in [6.07, 6.45) is 8.98. The second kappa shape index (κ2) is 8.30. The Kier molecular flexibility index (Phi) is 5.43. The summed E-state index contributed by atoms with van der Waals surface area (Å²) in [5.74, 6) is 0. The molecule has 1 aliphatic carbocycles. The minimum Gasteiger partial charge on any atom is -0.0805 e. The van der Waals surface area contributed by atoms with E-state index in [9.17, 15) is 0 Å². The molecule has 26 heavy (non-hydrogen) atoms. The average Bonchev–Trinajstić information content (AvgIpc) is 3.23. The molecule has 0 aliphatic heterocycles. The van der Waals surface area contributed by atoms with Crippen LogP contribution in [0.25, 0.3) is 0 Å². The molecule has 0 saturated heterocycles. The van der Waals surface area contributed by atoms with Crippen LogP contribution in [0.3, 0.4) is 0 Å². The fourth-order valence-corrected chi connectivity index (χ4v) is 6.50. The Hall–Kier alpha value is -2.43. The van der Waals surface area contributed by atoms with Gasteiger partial charge in [-0.05, 0) is 36.9 Å². The molecule has 0 fully saturated rings. The molecule has 4 rings (SSSR count). The second-order valence-electron chi connectivity index (χ2n) is 6.63. The van der Waals surface area contributed by atoms with Gasteiger partial charge in [0.25, 0.3) is 0 Å². The Morgan fingerprint density at radius 2 is 1.23 bits per heavy atom. The van der Waals surface area contributed by atoms with Crippen LogP contribution < -0.4 is 10.6 Å². The van der Waals surface area contributed by atoms with Gasteiger partial charge in [-0.3, -0.25) is 0 Å². The number of hydrogen-bond donors (Lipinski definition) is 0. The Morgan fingerprint density at radius 1 is 0.692 bits per heavy atom. The second-order valence-corrected chi connectivity index (χ2v) is 9.03. The van der Waals surface area contributed by atoms with E-state index in [1.807, 2.05) is 0 Å². The summed E-state index contributed by atoms with van der Waals surface area (Å²) in [7, 11) is -0.475. The van der Waals surface area contributed by atoms with E-state index in [1.54, 1.807) is 5.57 Å². The quantitative estimate of drug-likeness (QED) is 0.467. The predicted molar refractivity (Wildman–Crippen MR) is 115 cm³/mol. The molecular weight excluding hydrogens is 331 g/mol. The van der Waals surface area contributed by atoms with Gasteiger partial charge >= 0.3 is 0 Å². The average molecular weight is 354 g/mol. The van der Waals surface area contributed by atoms with E-state index >= 15 is 0 Å². The van der Waals surface area contributed by atoms with Crippen molar-refractivity contribution in [2.24, 2.45) is 0 Å². The number of allylic oxidation sites excluding steroid dienone is 4. The van der Waals surface area contributed by atoms with E-state index in [-0.39, 0.29) is 0 Å². The van der Waals surface area contributed by atoms with Gasteiger partial charge in [0.2, 0.25) is 0 Å². The molecule has 0 unspecified atom stereocenters. The third-order valence-electron chi connectivity index (χ3n) is 4.87. The maximum atomic E-state index is 2.30. The molecule has 3 aromatic carbocycles. The highest BCUT2D eigenvalue weighted by atomic mass is 31.1. The first-order chi connectivity index (χ1) is 12.9. The molecule has 0 heterocycles. The first-order valence-electron chi connectivity index (χ1n) is 9.21. The Labute approximate surface area is 157 Å². The number of benzene rings is 3. The van der Waals surface area contributed by atoms with Crippen LogP contribution in [0.15, 0.2) is 115 Å². The van der Waals surface area contributed by atoms with Gasteiger partial charge in [-0.2, -0.15) is 0 Å². The van der Waals surface area contributed by atoms with Gasteiger partial charge < -0.3 is 0 Å². The molecule has 1 atom stereocenters. The van der Waals surface area contributed by atoms with E-state index in [0.29, 0.717) is 5.66 Å². The summed E-state index contributed by atoms with van der Waals surface area (Å²) in [5, 5.41) is 2.91. The van der Waals surface area contributed by atoms with Crippen molar-refractivity contribution < 1.29 is 0 Å². The molecule has 0 nitrogen and oxygen atoms in total. The monoisotopic (exact) mass is 354 g/mol. The molecular formula is C25H23P. The Balaban J connectivity index is 1.80. The minimum absolute atomic E-state index is 0.475. The highest BCUT2D eigenvalue weighted by molar-refractivity contribution is 7.73. The third-order valence-corrected chi connectivity index (χ3v) is 7.68. The SMILES string of the molecule is C1=CCC(C[C@@H](c2ccccc2)P(c2ccccc2)c2ccccc2)=C1. The summed E-state index contributed by atoms with van der Waals surface area (Å²) in [4.78, 5) is 0. The lowest BCUT2D eigenvalue weighted by Crippen LogP contribution is -2.17. The van der Waals surface area contributed by atoms with Crippen molar-refractivity contribution >= 4 is 18.5 Å². The first kappa shape index (κ1) is 17.0. The molecule has 128 valence electrons. The Bertz CT molecular complexity index is 840. The molecule has 0 spiro atoms. The van der Waals surface area contributed by atoms with Crippen molar-refractivity contribution in [2.45, 2.75) is 18.5 Å². The molecule has 1 aliphatic rings. The van der Waals surface area contributed by atoms with Crippen LogP contribution in [0.4, 0.5) is 0 Å². The minimum atomic E-state index is -0.475. The van der Waals surface area contributed by atoms with Gasteiger partial charge in [0, 0.05) is 5.66 Å². The van der Waals surface area contributed by atoms with E-state index in [1.165, 1.54) is 16.2 Å². The lowest BCUT2D eigenvalue weighted by atomic mass is 10.0. The summed E-state index contributed by atoms with van der Waals surface area (Å²) in [6, 6.07) is 33.2. The summed E-state index contributed by atoms with van der Waals surface area (Å²) < 4.78 is 0. The van der Waals surface area contributed by atoms with Gasteiger partial charge in [-0.1, -0.05) is 115 Å². The molecule has 0 bridgehead atoms. The van der Waals surface area contributed by atoms with Crippen LogP contribution in [0.2, 0.25) is 0 Å². The normalized spacial score (nSPS) is 14.4. The standard InChI is InChI=1S/C25H23P/c1-4-14-22(15-5-1)25(20-21-12-10-11-13-21)26(23-16-6-2-7-17-23)24-18-8-3-9-19-24/h1-12,14-19,25H,13,20H2/t25-/m0/s1. The van der Waals surface area contributed by atoms with Crippen molar-refractivity contribution in [3.05, 3.63) is 120 Å². The molecule has 0 N–H and O–H groups in total. The lowest BCUT2D eigenvalue weighted by molar-refractivity contribution is 0.889. The van der Waals surface area contributed by atoms with Gasteiger partial charge in [-0.25, -0.2) is 0 Å². The third kappa shape index (κ3) is 3.87. The number of hydrogen-bond acceptors (Lipinski definition) is 0. The van der Waals surface area contributed by atoms with Crippen LogP contribution in [-0.4, -0.2) is 0 Å². The highest BCUT2D eigenvalue weighted by Gasteiger charge is 2.27. The maximum Gasteiger partial charge on any atom is 0.0159 e. The van der Waals surface area contributed by atoms with Crippen molar-refractivity contribution in [3.8, 4) is 0 Å². The molecule has 1 heteroatoms. The molecule has 0 saturated carbocycles. The molecule has 0 amide bonds. The van der Waals surface area contributed by atoms with Gasteiger partial charge in [0.15, 0.2) is 0 Å². The van der Waals surface area contributed by atoms with Gasteiger partial charge in [0.05, 0.1) is 0 Å². The largest absolute Gasteiger partial charge is 0.0805 e.